The number of hydrogen-bond donors (Lipinski definition) is 1. The molecule has 1 amide bonds. The molecule has 0 saturated carbocycles. The second-order valence-electron chi connectivity index (χ2n) is 8.19. The third kappa shape index (κ3) is 5.37. The van der Waals surface area contributed by atoms with Gasteiger partial charge < -0.3 is 14.8 Å². The summed E-state index contributed by atoms with van der Waals surface area (Å²) in [7, 11) is 0. The van der Waals surface area contributed by atoms with Gasteiger partial charge in [-0.2, -0.15) is 5.10 Å². The van der Waals surface area contributed by atoms with Crippen LogP contribution >= 0.6 is 0 Å². The maximum Gasteiger partial charge on any atom is 0.226 e. The fraction of sp³-hybridized carbons (Fsp3) is 0.385. The van der Waals surface area contributed by atoms with Crippen molar-refractivity contribution in [2.24, 2.45) is 0 Å². The van der Waals surface area contributed by atoms with Crippen molar-refractivity contribution >= 4 is 5.91 Å². The van der Waals surface area contributed by atoms with Crippen LogP contribution < -0.4 is 10.1 Å². The summed E-state index contributed by atoms with van der Waals surface area (Å²) in [6.07, 6.45) is 3.93. The first-order valence-corrected chi connectivity index (χ1v) is 11.4. The van der Waals surface area contributed by atoms with E-state index in [0.29, 0.717) is 25.3 Å². The van der Waals surface area contributed by atoms with E-state index in [9.17, 15) is 4.79 Å². The lowest BCUT2D eigenvalue weighted by Gasteiger charge is -2.13. The van der Waals surface area contributed by atoms with E-state index in [1.165, 1.54) is 0 Å². The number of aryl methyl sites for hydroxylation is 2. The monoisotopic (exact) mass is 433 g/mol. The van der Waals surface area contributed by atoms with Gasteiger partial charge in [0.05, 0.1) is 17.5 Å². The fourth-order valence-electron chi connectivity index (χ4n) is 4.01. The van der Waals surface area contributed by atoms with Gasteiger partial charge in [-0.3, -0.25) is 4.79 Å². The smallest absolute Gasteiger partial charge is 0.226 e. The number of amides is 1. The minimum atomic E-state index is 0.0246. The second kappa shape index (κ2) is 10.5. The number of ether oxygens (including phenoxy) is 2. The molecule has 2 heterocycles. The summed E-state index contributed by atoms with van der Waals surface area (Å²) in [4.78, 5) is 12.5. The van der Waals surface area contributed by atoms with E-state index in [4.69, 9.17) is 14.6 Å². The SMILES string of the molecule is CCc1nn(-c2ccccc2)c(Oc2cccc(C)c2)c1CCC(=O)NCC1CCCO1. The molecular formula is C26H31N3O3. The van der Waals surface area contributed by atoms with Gasteiger partial charge in [-0.15, -0.1) is 0 Å². The molecule has 1 fully saturated rings. The Balaban J connectivity index is 1.57. The maximum absolute atomic E-state index is 12.5. The number of nitrogens with zero attached hydrogens (tertiary/aromatic N) is 2. The molecule has 0 bridgehead atoms. The van der Waals surface area contributed by atoms with Crippen molar-refractivity contribution in [3.05, 3.63) is 71.4 Å². The van der Waals surface area contributed by atoms with Gasteiger partial charge in [0.15, 0.2) is 0 Å². The number of rotatable bonds is 9. The summed E-state index contributed by atoms with van der Waals surface area (Å²) < 4.78 is 13.8. The largest absolute Gasteiger partial charge is 0.439 e. The van der Waals surface area contributed by atoms with Gasteiger partial charge in [-0.1, -0.05) is 37.3 Å². The zero-order valence-electron chi connectivity index (χ0n) is 18.8. The highest BCUT2D eigenvalue weighted by molar-refractivity contribution is 5.76. The number of para-hydroxylation sites is 1. The Labute approximate surface area is 189 Å². The normalized spacial score (nSPS) is 15.6. The van der Waals surface area contributed by atoms with Crippen LogP contribution in [0, 0.1) is 6.92 Å². The van der Waals surface area contributed by atoms with E-state index >= 15 is 0 Å². The van der Waals surface area contributed by atoms with Crippen molar-refractivity contribution in [1.82, 2.24) is 15.1 Å². The Bertz CT molecular complexity index is 1040. The van der Waals surface area contributed by atoms with Crippen molar-refractivity contribution in [3.8, 4) is 17.3 Å². The molecule has 2 aromatic carbocycles. The van der Waals surface area contributed by atoms with Crippen LogP contribution in [0.5, 0.6) is 11.6 Å². The first-order valence-electron chi connectivity index (χ1n) is 11.4. The zero-order valence-corrected chi connectivity index (χ0v) is 18.8. The molecule has 168 valence electrons. The van der Waals surface area contributed by atoms with Crippen molar-refractivity contribution in [1.29, 1.82) is 0 Å². The fourth-order valence-corrected chi connectivity index (χ4v) is 4.01. The van der Waals surface area contributed by atoms with E-state index in [1.54, 1.807) is 0 Å². The number of nitrogens with one attached hydrogen (secondary N) is 1. The third-order valence-electron chi connectivity index (χ3n) is 5.71. The van der Waals surface area contributed by atoms with E-state index in [0.717, 1.165) is 54.1 Å². The van der Waals surface area contributed by atoms with Gasteiger partial charge in [0.1, 0.15) is 5.75 Å². The number of benzene rings is 2. The molecule has 0 radical (unpaired) electrons. The van der Waals surface area contributed by atoms with Gasteiger partial charge in [-0.25, -0.2) is 4.68 Å². The van der Waals surface area contributed by atoms with E-state index in [1.807, 2.05) is 66.2 Å². The summed E-state index contributed by atoms with van der Waals surface area (Å²) in [5.74, 6) is 1.45. The first kappa shape index (κ1) is 22.1. The Kier molecular flexibility index (Phi) is 7.22. The van der Waals surface area contributed by atoms with Crippen LogP contribution in [0.15, 0.2) is 54.6 Å². The van der Waals surface area contributed by atoms with Crippen LogP contribution in [-0.4, -0.2) is 34.9 Å². The molecule has 1 aliphatic heterocycles. The molecule has 1 saturated heterocycles. The highest BCUT2D eigenvalue weighted by Gasteiger charge is 2.22. The minimum Gasteiger partial charge on any atom is -0.439 e. The van der Waals surface area contributed by atoms with Crippen LogP contribution in [0.3, 0.4) is 0 Å². The summed E-state index contributed by atoms with van der Waals surface area (Å²) >= 11 is 0. The zero-order chi connectivity index (χ0) is 22.3. The highest BCUT2D eigenvalue weighted by atomic mass is 16.5. The van der Waals surface area contributed by atoms with Crippen LogP contribution in [0.25, 0.3) is 5.69 Å². The number of carbonyl (C=O) groups excluding carboxylic acids is 1. The summed E-state index contributed by atoms with van der Waals surface area (Å²) in [6, 6.07) is 17.9. The number of carbonyl (C=O) groups is 1. The lowest BCUT2D eigenvalue weighted by Crippen LogP contribution is -2.31. The maximum atomic E-state index is 12.5. The summed E-state index contributed by atoms with van der Waals surface area (Å²) in [5, 5.41) is 7.86. The Hall–Kier alpha value is -3.12. The standard InChI is InChI=1S/C26H31N3O3/c1-3-24-23(14-15-25(30)27-18-22-13-8-16-31-22)26(32-21-12-7-9-19(2)17-21)29(28-24)20-10-5-4-6-11-20/h4-7,9-12,17,22H,3,8,13-16,18H2,1-2H3,(H,27,30). The Morgan fingerprint density at radius 2 is 2.06 bits per heavy atom. The molecule has 6 heteroatoms. The minimum absolute atomic E-state index is 0.0246. The van der Waals surface area contributed by atoms with Crippen LogP contribution in [0.2, 0.25) is 0 Å². The molecule has 3 aromatic rings. The first-order chi connectivity index (χ1) is 15.6. The van der Waals surface area contributed by atoms with E-state index in [-0.39, 0.29) is 12.0 Å². The molecule has 1 aromatic heterocycles. The van der Waals surface area contributed by atoms with Gasteiger partial charge in [0.25, 0.3) is 0 Å². The second-order valence-corrected chi connectivity index (χ2v) is 8.19. The van der Waals surface area contributed by atoms with E-state index < -0.39 is 0 Å². The van der Waals surface area contributed by atoms with Crippen molar-refractivity contribution < 1.29 is 14.3 Å². The van der Waals surface area contributed by atoms with Crippen LogP contribution in [0.4, 0.5) is 0 Å². The predicted molar refractivity (Wildman–Crippen MR) is 124 cm³/mol. The summed E-state index contributed by atoms with van der Waals surface area (Å²) in [6.45, 7) is 5.49. The van der Waals surface area contributed by atoms with E-state index in [2.05, 4.69) is 12.2 Å². The molecule has 1 N–H and O–H groups in total. The topological polar surface area (TPSA) is 65.4 Å². The average Bonchev–Trinajstić information content (AvgIpc) is 3.45. The number of aromatic nitrogens is 2. The lowest BCUT2D eigenvalue weighted by atomic mass is 10.1. The molecular weight excluding hydrogens is 402 g/mol. The number of hydrogen-bond acceptors (Lipinski definition) is 4. The molecule has 1 atom stereocenters. The molecule has 32 heavy (non-hydrogen) atoms. The Morgan fingerprint density at radius 3 is 2.78 bits per heavy atom. The predicted octanol–water partition coefficient (Wildman–Crippen LogP) is 4.76. The summed E-state index contributed by atoms with van der Waals surface area (Å²) in [5.41, 5.74) is 3.98. The highest BCUT2D eigenvalue weighted by Crippen LogP contribution is 2.32. The van der Waals surface area contributed by atoms with Gasteiger partial charge >= 0.3 is 0 Å². The lowest BCUT2D eigenvalue weighted by molar-refractivity contribution is -0.121. The quantitative estimate of drug-likeness (QED) is 0.528. The van der Waals surface area contributed by atoms with Crippen molar-refractivity contribution in [2.45, 2.75) is 52.1 Å². The van der Waals surface area contributed by atoms with Gasteiger partial charge in [0.2, 0.25) is 11.8 Å². The molecule has 0 spiro atoms. The molecule has 0 aliphatic carbocycles. The van der Waals surface area contributed by atoms with Crippen molar-refractivity contribution in [2.75, 3.05) is 13.2 Å². The Morgan fingerprint density at radius 1 is 1.22 bits per heavy atom. The third-order valence-corrected chi connectivity index (χ3v) is 5.71. The molecule has 4 rings (SSSR count). The molecule has 1 unspecified atom stereocenters. The van der Waals surface area contributed by atoms with Crippen LogP contribution in [-0.2, 0) is 22.4 Å². The molecule has 6 nitrogen and oxygen atoms in total. The van der Waals surface area contributed by atoms with Crippen LogP contribution in [0.1, 0.15) is 43.0 Å². The van der Waals surface area contributed by atoms with Crippen molar-refractivity contribution in [3.63, 3.8) is 0 Å². The van der Waals surface area contributed by atoms with Gasteiger partial charge in [-0.05, 0) is 62.4 Å². The average molecular weight is 434 g/mol. The van der Waals surface area contributed by atoms with Gasteiger partial charge in [0, 0.05) is 25.1 Å². The molecule has 1 aliphatic rings.